The molecule has 1 aliphatic rings. The molecule has 1 saturated carbocycles. The van der Waals surface area contributed by atoms with Crippen molar-refractivity contribution in [3.63, 3.8) is 0 Å². The fourth-order valence-electron chi connectivity index (χ4n) is 3.25. The Bertz CT molecular complexity index is 850. The highest BCUT2D eigenvalue weighted by molar-refractivity contribution is 9.10. The zero-order chi connectivity index (χ0) is 20.1. The second-order valence-corrected chi connectivity index (χ2v) is 9.55. The Labute approximate surface area is 179 Å². The number of carbonyl (C=O) groups excluding carboxylic acids is 2. The van der Waals surface area contributed by atoms with Crippen LogP contribution in [0.4, 0.5) is 5.69 Å². The van der Waals surface area contributed by atoms with Crippen molar-refractivity contribution in [2.24, 2.45) is 0 Å². The summed E-state index contributed by atoms with van der Waals surface area (Å²) in [5.41, 5.74) is 2.78. The van der Waals surface area contributed by atoms with Crippen molar-refractivity contribution in [3.05, 3.63) is 64.1 Å². The summed E-state index contributed by atoms with van der Waals surface area (Å²) in [7, 11) is 0. The molecule has 0 radical (unpaired) electrons. The summed E-state index contributed by atoms with van der Waals surface area (Å²) in [6.07, 6.45) is 2.99. The Balaban J connectivity index is 1.52. The Morgan fingerprint density at radius 2 is 1.89 bits per heavy atom. The van der Waals surface area contributed by atoms with Gasteiger partial charge in [0.15, 0.2) is 0 Å². The van der Waals surface area contributed by atoms with Crippen LogP contribution in [0, 0.1) is 6.92 Å². The Kier molecular flexibility index (Phi) is 6.83. The van der Waals surface area contributed by atoms with E-state index in [0.717, 1.165) is 40.5 Å². The molecule has 0 spiro atoms. The molecule has 1 fully saturated rings. The standard InChI is InChI=1S/C22H25BrN2O2S/c1-15-7-9-19(10-8-15)24-20(26)14-28-16(2)21(27)25-22(11-4-12-22)17-5-3-6-18(23)13-17/h3,5-10,13,16H,4,11-12,14H2,1-2H3,(H,24,26)(H,25,27). The number of amides is 2. The van der Waals surface area contributed by atoms with E-state index in [1.165, 1.54) is 11.8 Å². The highest BCUT2D eigenvalue weighted by Gasteiger charge is 2.40. The van der Waals surface area contributed by atoms with Crippen molar-refractivity contribution >= 4 is 45.2 Å². The van der Waals surface area contributed by atoms with Gasteiger partial charge >= 0.3 is 0 Å². The molecule has 6 heteroatoms. The predicted molar refractivity (Wildman–Crippen MR) is 120 cm³/mol. The lowest BCUT2D eigenvalue weighted by Crippen LogP contribution is -2.52. The maximum Gasteiger partial charge on any atom is 0.234 e. The number of halogens is 1. The van der Waals surface area contributed by atoms with E-state index in [9.17, 15) is 9.59 Å². The van der Waals surface area contributed by atoms with Crippen LogP contribution in [-0.2, 0) is 15.1 Å². The number of nitrogens with one attached hydrogen (secondary N) is 2. The first-order chi connectivity index (χ1) is 13.4. The van der Waals surface area contributed by atoms with Crippen LogP contribution in [0.5, 0.6) is 0 Å². The first kappa shape index (κ1) is 20.9. The molecule has 0 aromatic heterocycles. The van der Waals surface area contributed by atoms with Gasteiger partial charge in [0.05, 0.1) is 16.5 Å². The molecule has 4 nitrogen and oxygen atoms in total. The summed E-state index contributed by atoms with van der Waals surface area (Å²) in [6, 6.07) is 15.8. The molecule has 2 aromatic rings. The van der Waals surface area contributed by atoms with E-state index >= 15 is 0 Å². The van der Waals surface area contributed by atoms with Gasteiger partial charge in [0.1, 0.15) is 0 Å². The van der Waals surface area contributed by atoms with Crippen LogP contribution in [0.3, 0.4) is 0 Å². The van der Waals surface area contributed by atoms with Crippen molar-refractivity contribution in [3.8, 4) is 0 Å². The van der Waals surface area contributed by atoms with Gasteiger partial charge in [-0.2, -0.15) is 0 Å². The molecule has 1 aliphatic carbocycles. The third kappa shape index (κ3) is 5.17. The normalized spacial score (nSPS) is 16.0. The van der Waals surface area contributed by atoms with E-state index < -0.39 is 0 Å². The van der Waals surface area contributed by atoms with E-state index in [0.29, 0.717) is 0 Å². The molecule has 28 heavy (non-hydrogen) atoms. The van der Waals surface area contributed by atoms with Crippen LogP contribution >= 0.6 is 27.7 Å². The quantitative estimate of drug-likeness (QED) is 0.609. The summed E-state index contributed by atoms with van der Waals surface area (Å²) in [5, 5.41) is 5.81. The number of thioether (sulfide) groups is 1. The third-order valence-corrected chi connectivity index (χ3v) is 6.75. The van der Waals surface area contributed by atoms with E-state index in [1.807, 2.05) is 50.2 Å². The fraction of sp³-hybridized carbons (Fsp3) is 0.364. The van der Waals surface area contributed by atoms with Crippen molar-refractivity contribution in [1.82, 2.24) is 5.32 Å². The second-order valence-electron chi connectivity index (χ2n) is 7.30. The molecule has 0 saturated heterocycles. The number of benzene rings is 2. The predicted octanol–water partition coefficient (Wildman–Crippen LogP) is 5.01. The fourth-order valence-corrected chi connectivity index (χ4v) is 4.33. The van der Waals surface area contributed by atoms with Crippen LogP contribution in [-0.4, -0.2) is 22.8 Å². The SMILES string of the molecule is Cc1ccc(NC(=O)CSC(C)C(=O)NC2(c3cccc(Br)c3)CCC2)cc1. The molecule has 0 bridgehead atoms. The van der Waals surface area contributed by atoms with Crippen LogP contribution in [0.25, 0.3) is 0 Å². The first-order valence-electron chi connectivity index (χ1n) is 9.44. The monoisotopic (exact) mass is 460 g/mol. The van der Waals surface area contributed by atoms with Crippen LogP contribution in [0.2, 0.25) is 0 Å². The van der Waals surface area contributed by atoms with Crippen molar-refractivity contribution in [1.29, 1.82) is 0 Å². The van der Waals surface area contributed by atoms with Gasteiger partial charge in [-0.05, 0) is 62.9 Å². The highest BCUT2D eigenvalue weighted by atomic mass is 79.9. The van der Waals surface area contributed by atoms with Crippen LogP contribution in [0.1, 0.15) is 37.3 Å². The molecule has 2 N–H and O–H groups in total. The highest BCUT2D eigenvalue weighted by Crippen LogP contribution is 2.42. The molecule has 2 aromatic carbocycles. The number of hydrogen-bond acceptors (Lipinski definition) is 3. The Hall–Kier alpha value is -1.79. The van der Waals surface area contributed by atoms with Gasteiger partial charge in [0.2, 0.25) is 11.8 Å². The van der Waals surface area contributed by atoms with Crippen molar-refractivity contribution < 1.29 is 9.59 Å². The van der Waals surface area contributed by atoms with Gasteiger partial charge < -0.3 is 10.6 Å². The lowest BCUT2D eigenvalue weighted by molar-refractivity contribution is -0.123. The third-order valence-electron chi connectivity index (χ3n) is 5.12. The minimum Gasteiger partial charge on any atom is -0.346 e. The second kappa shape index (κ2) is 9.14. The molecule has 148 valence electrons. The van der Waals surface area contributed by atoms with Crippen molar-refractivity contribution in [2.45, 2.75) is 43.9 Å². The van der Waals surface area contributed by atoms with E-state index in [4.69, 9.17) is 0 Å². The number of hydrogen-bond donors (Lipinski definition) is 2. The van der Waals surface area contributed by atoms with Gasteiger partial charge in [0, 0.05) is 10.2 Å². The molecule has 0 aliphatic heterocycles. The Morgan fingerprint density at radius 1 is 1.18 bits per heavy atom. The smallest absolute Gasteiger partial charge is 0.234 e. The van der Waals surface area contributed by atoms with Crippen LogP contribution < -0.4 is 10.6 Å². The minimum absolute atomic E-state index is 0.0205. The number of carbonyl (C=O) groups is 2. The summed E-state index contributed by atoms with van der Waals surface area (Å²) in [5.74, 6) is 0.124. The van der Waals surface area contributed by atoms with Crippen molar-refractivity contribution in [2.75, 3.05) is 11.1 Å². The van der Waals surface area contributed by atoms with Gasteiger partial charge in [0.25, 0.3) is 0 Å². The average Bonchev–Trinajstić information content (AvgIpc) is 2.64. The van der Waals surface area contributed by atoms with Gasteiger partial charge in [-0.1, -0.05) is 45.8 Å². The minimum atomic E-state index is -0.298. The van der Waals surface area contributed by atoms with Gasteiger partial charge in [-0.15, -0.1) is 11.8 Å². The van der Waals surface area contributed by atoms with E-state index in [1.54, 1.807) is 0 Å². The summed E-state index contributed by atoms with van der Waals surface area (Å²) in [4.78, 5) is 24.9. The van der Waals surface area contributed by atoms with E-state index in [-0.39, 0.29) is 28.4 Å². The lowest BCUT2D eigenvalue weighted by atomic mass is 9.71. The number of rotatable bonds is 7. The molecule has 3 rings (SSSR count). The molecule has 2 amide bonds. The Morgan fingerprint density at radius 3 is 2.50 bits per heavy atom. The lowest BCUT2D eigenvalue weighted by Gasteiger charge is -2.43. The molecule has 1 unspecified atom stereocenters. The summed E-state index contributed by atoms with van der Waals surface area (Å²) >= 11 is 4.87. The maximum atomic E-state index is 12.7. The molecular weight excluding hydrogens is 436 g/mol. The zero-order valence-corrected chi connectivity index (χ0v) is 18.5. The largest absolute Gasteiger partial charge is 0.346 e. The van der Waals surface area contributed by atoms with Gasteiger partial charge in [-0.25, -0.2) is 0 Å². The molecule has 1 atom stereocenters. The molecular formula is C22H25BrN2O2S. The first-order valence-corrected chi connectivity index (χ1v) is 11.3. The maximum absolute atomic E-state index is 12.7. The number of aryl methyl sites for hydroxylation is 1. The molecule has 0 heterocycles. The summed E-state index contributed by atoms with van der Waals surface area (Å²) in [6.45, 7) is 3.86. The topological polar surface area (TPSA) is 58.2 Å². The van der Waals surface area contributed by atoms with Gasteiger partial charge in [-0.3, -0.25) is 9.59 Å². The average molecular weight is 461 g/mol. The summed E-state index contributed by atoms with van der Waals surface area (Å²) < 4.78 is 1.01. The number of anilines is 1. The van der Waals surface area contributed by atoms with Crippen LogP contribution in [0.15, 0.2) is 53.0 Å². The van der Waals surface area contributed by atoms with E-state index in [2.05, 4.69) is 38.7 Å². The zero-order valence-electron chi connectivity index (χ0n) is 16.1.